The predicted octanol–water partition coefficient (Wildman–Crippen LogP) is 3.52. The highest BCUT2D eigenvalue weighted by molar-refractivity contribution is 5.73. The van der Waals surface area contributed by atoms with Crippen molar-refractivity contribution in [1.82, 2.24) is 14.8 Å². The summed E-state index contributed by atoms with van der Waals surface area (Å²) in [5.41, 5.74) is 1.21. The molecule has 1 aromatic rings. The van der Waals surface area contributed by atoms with Gasteiger partial charge in [0.1, 0.15) is 0 Å². The lowest BCUT2D eigenvalue weighted by molar-refractivity contribution is -0.193. The minimum atomic E-state index is -5.08. The van der Waals surface area contributed by atoms with Gasteiger partial charge in [-0.2, -0.15) is 26.3 Å². The fraction of sp³-hybridized carbons (Fsp3) is 0.667. The number of hydrogen-bond acceptors (Lipinski definition) is 6. The van der Waals surface area contributed by atoms with Crippen molar-refractivity contribution in [2.75, 3.05) is 33.3 Å². The van der Waals surface area contributed by atoms with Crippen molar-refractivity contribution >= 4 is 11.9 Å². The molecule has 2 aliphatic rings. The molecule has 1 aromatic heterocycles. The molecule has 200 valence electrons. The number of halogens is 6. The zero-order valence-corrected chi connectivity index (χ0v) is 19.4. The largest absolute Gasteiger partial charge is 0.490 e. The summed E-state index contributed by atoms with van der Waals surface area (Å²) < 4.78 is 68.8. The van der Waals surface area contributed by atoms with E-state index in [2.05, 4.69) is 34.7 Å². The molecule has 0 radical (unpaired) electrons. The molecule has 0 saturated carbocycles. The van der Waals surface area contributed by atoms with Crippen LogP contribution in [0, 0.1) is 11.8 Å². The number of rotatable bonds is 4. The van der Waals surface area contributed by atoms with Gasteiger partial charge in [-0.05, 0) is 44.7 Å². The lowest BCUT2D eigenvalue weighted by atomic mass is 9.88. The van der Waals surface area contributed by atoms with Gasteiger partial charge in [-0.15, -0.1) is 0 Å². The molecule has 14 heteroatoms. The average molecular weight is 517 g/mol. The van der Waals surface area contributed by atoms with Gasteiger partial charge in [0.15, 0.2) is 0 Å². The van der Waals surface area contributed by atoms with E-state index < -0.39 is 24.3 Å². The first-order chi connectivity index (χ1) is 16.1. The third-order valence-corrected chi connectivity index (χ3v) is 5.56. The summed E-state index contributed by atoms with van der Waals surface area (Å²) in [4.78, 5) is 27.3. The Kier molecular flexibility index (Phi) is 11.2. The Labute approximate surface area is 198 Å². The van der Waals surface area contributed by atoms with Gasteiger partial charge >= 0.3 is 24.3 Å². The van der Waals surface area contributed by atoms with Crippen molar-refractivity contribution in [2.24, 2.45) is 11.8 Å². The van der Waals surface area contributed by atoms with E-state index in [1.165, 1.54) is 38.2 Å². The molecule has 2 N–H and O–H groups in total. The smallest absolute Gasteiger partial charge is 0.481 e. The molecule has 0 unspecified atom stereocenters. The normalized spacial score (nSPS) is 20.7. The number of carbonyl (C=O) groups is 2. The molecule has 0 bridgehead atoms. The van der Waals surface area contributed by atoms with E-state index in [4.69, 9.17) is 24.5 Å². The molecular weight excluding hydrogens is 488 g/mol. The predicted molar refractivity (Wildman–Crippen MR) is 112 cm³/mol. The van der Waals surface area contributed by atoms with E-state index in [9.17, 15) is 26.3 Å². The highest BCUT2D eigenvalue weighted by Crippen LogP contribution is 2.33. The van der Waals surface area contributed by atoms with Gasteiger partial charge in [-0.1, -0.05) is 6.07 Å². The minimum Gasteiger partial charge on any atom is -0.481 e. The molecule has 0 aliphatic carbocycles. The molecule has 8 nitrogen and oxygen atoms in total. The summed E-state index contributed by atoms with van der Waals surface area (Å²) in [5, 5.41) is 14.2. The molecule has 0 aromatic carbocycles. The van der Waals surface area contributed by atoms with Crippen molar-refractivity contribution < 1.29 is 50.9 Å². The number of nitrogens with zero attached hydrogens (tertiary/aromatic N) is 3. The van der Waals surface area contributed by atoms with Crippen LogP contribution in [0.25, 0.3) is 0 Å². The van der Waals surface area contributed by atoms with Crippen LogP contribution in [0.2, 0.25) is 0 Å². The molecule has 2 aliphatic heterocycles. The van der Waals surface area contributed by atoms with Crippen LogP contribution in [0.4, 0.5) is 26.3 Å². The quantitative estimate of drug-likeness (QED) is 0.585. The lowest BCUT2D eigenvalue weighted by Gasteiger charge is -2.36. The third kappa shape index (κ3) is 10.3. The zero-order chi connectivity index (χ0) is 27.0. The number of aromatic nitrogens is 1. The Morgan fingerprint density at radius 2 is 1.57 bits per heavy atom. The highest BCUT2D eigenvalue weighted by Gasteiger charge is 2.39. The van der Waals surface area contributed by atoms with Crippen molar-refractivity contribution in [3.05, 3.63) is 23.9 Å². The van der Waals surface area contributed by atoms with Crippen LogP contribution in [-0.2, 0) is 16.1 Å². The molecule has 0 amide bonds. The number of alkyl halides is 6. The van der Waals surface area contributed by atoms with Crippen LogP contribution in [0.1, 0.15) is 25.8 Å². The number of piperidine rings is 1. The lowest BCUT2D eigenvalue weighted by Crippen LogP contribution is -2.43. The third-order valence-electron chi connectivity index (χ3n) is 5.56. The molecule has 3 heterocycles. The van der Waals surface area contributed by atoms with Gasteiger partial charge in [0.05, 0.1) is 7.11 Å². The fourth-order valence-electron chi connectivity index (χ4n) is 3.86. The van der Waals surface area contributed by atoms with E-state index in [-0.39, 0.29) is 0 Å². The van der Waals surface area contributed by atoms with Crippen LogP contribution in [-0.4, -0.2) is 88.6 Å². The number of ether oxygens (including phenoxy) is 1. The average Bonchev–Trinajstić information content (AvgIpc) is 3.15. The Morgan fingerprint density at radius 1 is 1.06 bits per heavy atom. The Balaban J connectivity index is 0.000000362. The molecule has 2 saturated heterocycles. The monoisotopic (exact) mass is 517 g/mol. The summed E-state index contributed by atoms with van der Waals surface area (Å²) in [5.74, 6) is -3.03. The van der Waals surface area contributed by atoms with Gasteiger partial charge in [0, 0.05) is 44.0 Å². The second-order valence-corrected chi connectivity index (χ2v) is 8.37. The van der Waals surface area contributed by atoms with Crippen LogP contribution in [0.5, 0.6) is 5.88 Å². The van der Waals surface area contributed by atoms with Crippen LogP contribution in [0.15, 0.2) is 18.3 Å². The van der Waals surface area contributed by atoms with Gasteiger partial charge in [-0.3, -0.25) is 4.90 Å². The van der Waals surface area contributed by atoms with Gasteiger partial charge in [-0.25, -0.2) is 14.6 Å². The van der Waals surface area contributed by atoms with Crippen LogP contribution >= 0.6 is 0 Å². The number of hydrogen-bond donors (Lipinski definition) is 2. The second kappa shape index (κ2) is 12.9. The van der Waals surface area contributed by atoms with Crippen LogP contribution < -0.4 is 4.74 Å². The maximum absolute atomic E-state index is 10.6. The minimum absolute atomic E-state index is 0.679. The SMILES string of the molecule is COc1ncccc1CN1C[C@H]2CCN(C(C)C)C[C@H]2C1.O=C(O)C(F)(F)F.O=C(O)C(F)(F)F. The molecule has 0 spiro atoms. The number of methoxy groups -OCH3 is 1. The number of aliphatic carboxylic acids is 2. The number of carboxylic acids is 2. The second-order valence-electron chi connectivity index (χ2n) is 8.37. The fourth-order valence-corrected chi connectivity index (χ4v) is 3.86. The van der Waals surface area contributed by atoms with Gasteiger partial charge in [0.2, 0.25) is 5.88 Å². The van der Waals surface area contributed by atoms with E-state index in [1.807, 2.05) is 6.07 Å². The van der Waals surface area contributed by atoms with Gasteiger partial charge in [0.25, 0.3) is 0 Å². The summed E-state index contributed by atoms with van der Waals surface area (Å²) >= 11 is 0. The van der Waals surface area contributed by atoms with Crippen molar-refractivity contribution in [2.45, 2.75) is 45.2 Å². The van der Waals surface area contributed by atoms with Crippen molar-refractivity contribution in [3.63, 3.8) is 0 Å². The Hall–Kier alpha value is -2.61. The van der Waals surface area contributed by atoms with Gasteiger partial charge < -0.3 is 19.8 Å². The standard InChI is InChI=1S/C17H27N3O.2C2HF3O2/c1-13(2)20-8-6-14-9-19(11-16(14)12-20)10-15-5-4-7-18-17(15)21-3;2*3-2(4,5)1(6)7/h4-5,7,13-14,16H,6,8-12H2,1-3H3;2*(H,6,7)/t14-,16-;;/m1../s1. The first-order valence-corrected chi connectivity index (χ1v) is 10.6. The van der Waals surface area contributed by atoms with Crippen molar-refractivity contribution in [1.29, 1.82) is 0 Å². The highest BCUT2D eigenvalue weighted by atomic mass is 19.4. The summed E-state index contributed by atoms with van der Waals surface area (Å²) in [7, 11) is 1.70. The van der Waals surface area contributed by atoms with E-state index in [1.54, 1.807) is 13.3 Å². The molecular formula is C21H29F6N3O5. The summed E-state index contributed by atoms with van der Waals surface area (Å²) in [6, 6.07) is 4.81. The maximum Gasteiger partial charge on any atom is 0.490 e. The Bertz CT molecular complexity index is 810. The van der Waals surface area contributed by atoms with E-state index in [0.29, 0.717) is 6.04 Å². The molecule has 2 fully saturated rings. The number of likely N-dealkylation sites (tertiary alicyclic amines) is 2. The zero-order valence-electron chi connectivity index (χ0n) is 19.4. The first-order valence-electron chi connectivity index (χ1n) is 10.6. The van der Waals surface area contributed by atoms with Crippen molar-refractivity contribution in [3.8, 4) is 5.88 Å². The number of pyridine rings is 1. The molecule has 3 rings (SSSR count). The number of carboxylic acid groups (broad SMARTS) is 2. The summed E-state index contributed by atoms with van der Waals surface area (Å²) in [6.45, 7) is 10.6. The maximum atomic E-state index is 10.6. The Morgan fingerprint density at radius 3 is 2.03 bits per heavy atom. The summed E-state index contributed by atoms with van der Waals surface area (Å²) in [6.07, 6.45) is -7.02. The first kappa shape index (κ1) is 30.4. The number of fused-ring (bicyclic) bond motifs is 1. The topological polar surface area (TPSA) is 103 Å². The molecule has 35 heavy (non-hydrogen) atoms. The molecule has 2 atom stereocenters. The van der Waals surface area contributed by atoms with E-state index >= 15 is 0 Å². The van der Waals surface area contributed by atoms with Crippen LogP contribution in [0.3, 0.4) is 0 Å². The van der Waals surface area contributed by atoms with E-state index in [0.717, 1.165) is 24.3 Å².